The molecule has 1 saturated heterocycles. The highest BCUT2D eigenvalue weighted by Gasteiger charge is 2.21. The lowest BCUT2D eigenvalue weighted by Crippen LogP contribution is -2.36. The van der Waals surface area contributed by atoms with E-state index in [1.807, 2.05) is 24.0 Å². The van der Waals surface area contributed by atoms with E-state index >= 15 is 0 Å². The lowest BCUT2D eigenvalue weighted by atomic mass is 10.2. The Labute approximate surface area is 119 Å². The van der Waals surface area contributed by atoms with Gasteiger partial charge < -0.3 is 9.80 Å². The first-order chi connectivity index (χ1) is 9.22. The normalized spacial score (nSPS) is 17.3. The zero-order valence-electron chi connectivity index (χ0n) is 11.3. The van der Waals surface area contributed by atoms with Crippen molar-refractivity contribution < 1.29 is 4.79 Å². The monoisotopic (exact) mass is 281 g/mol. The number of halogens is 1. The van der Waals surface area contributed by atoms with Crippen molar-refractivity contribution in [2.45, 2.75) is 13.3 Å². The summed E-state index contributed by atoms with van der Waals surface area (Å²) in [5.41, 5.74) is 1.52. The first-order valence-electron chi connectivity index (χ1n) is 6.71. The molecule has 1 amide bonds. The van der Waals surface area contributed by atoms with Gasteiger partial charge in [0, 0.05) is 38.3 Å². The van der Waals surface area contributed by atoms with Crippen LogP contribution in [0.4, 0.5) is 0 Å². The Morgan fingerprint density at radius 3 is 2.95 bits per heavy atom. The number of amides is 1. The maximum absolute atomic E-state index is 12.5. The zero-order valence-corrected chi connectivity index (χ0v) is 12.1. The standard InChI is InChI=1S/C14H20ClN3O/c1-12-4-2-6-16-13(12)14(19)18-8-3-7-17(9-5-15)10-11-18/h2,4,6H,3,5,7-11H2,1H3. The van der Waals surface area contributed by atoms with Crippen LogP contribution in [0.2, 0.25) is 0 Å². The third-order valence-corrected chi connectivity index (χ3v) is 3.66. The fourth-order valence-corrected chi connectivity index (χ4v) is 2.62. The van der Waals surface area contributed by atoms with Crippen molar-refractivity contribution in [2.24, 2.45) is 0 Å². The van der Waals surface area contributed by atoms with Gasteiger partial charge in [-0.15, -0.1) is 11.6 Å². The number of aryl methyl sites for hydroxylation is 1. The summed E-state index contributed by atoms with van der Waals surface area (Å²) in [6.45, 7) is 6.28. The van der Waals surface area contributed by atoms with Gasteiger partial charge in [-0.05, 0) is 31.5 Å². The summed E-state index contributed by atoms with van der Waals surface area (Å²) in [6, 6.07) is 3.79. The average molecular weight is 282 g/mol. The van der Waals surface area contributed by atoms with Gasteiger partial charge in [0.1, 0.15) is 5.69 Å². The van der Waals surface area contributed by atoms with Gasteiger partial charge in [-0.3, -0.25) is 9.78 Å². The van der Waals surface area contributed by atoms with Crippen molar-refractivity contribution >= 4 is 17.5 Å². The molecule has 1 aliphatic heterocycles. The van der Waals surface area contributed by atoms with E-state index in [0.717, 1.165) is 44.7 Å². The molecule has 0 atom stereocenters. The molecule has 1 aliphatic rings. The highest BCUT2D eigenvalue weighted by molar-refractivity contribution is 6.18. The third-order valence-electron chi connectivity index (χ3n) is 3.49. The predicted molar refractivity (Wildman–Crippen MR) is 76.7 cm³/mol. The van der Waals surface area contributed by atoms with Gasteiger partial charge in [0.15, 0.2) is 0 Å². The first-order valence-corrected chi connectivity index (χ1v) is 7.25. The van der Waals surface area contributed by atoms with Crippen LogP contribution in [0.5, 0.6) is 0 Å². The van der Waals surface area contributed by atoms with Crippen molar-refractivity contribution in [3.63, 3.8) is 0 Å². The summed E-state index contributed by atoms with van der Waals surface area (Å²) in [5, 5.41) is 0. The predicted octanol–water partition coefficient (Wildman–Crippen LogP) is 1.78. The number of hydrogen-bond acceptors (Lipinski definition) is 3. The lowest BCUT2D eigenvalue weighted by molar-refractivity contribution is 0.0755. The Balaban J connectivity index is 2.02. The molecule has 0 N–H and O–H groups in total. The molecule has 1 fully saturated rings. The van der Waals surface area contributed by atoms with Crippen LogP contribution >= 0.6 is 11.6 Å². The molecule has 1 aromatic heterocycles. The molecule has 2 rings (SSSR count). The summed E-state index contributed by atoms with van der Waals surface area (Å²) in [4.78, 5) is 20.9. The van der Waals surface area contributed by atoms with E-state index in [1.165, 1.54) is 0 Å². The fourth-order valence-electron chi connectivity index (χ4n) is 2.38. The smallest absolute Gasteiger partial charge is 0.272 e. The maximum Gasteiger partial charge on any atom is 0.272 e. The number of rotatable bonds is 3. The van der Waals surface area contributed by atoms with E-state index in [0.29, 0.717) is 11.6 Å². The number of hydrogen-bond donors (Lipinski definition) is 0. The van der Waals surface area contributed by atoms with Crippen LogP contribution in [0.15, 0.2) is 18.3 Å². The van der Waals surface area contributed by atoms with Crippen LogP contribution in [0.3, 0.4) is 0 Å². The van der Waals surface area contributed by atoms with Gasteiger partial charge >= 0.3 is 0 Å². The van der Waals surface area contributed by atoms with Gasteiger partial charge in [0.2, 0.25) is 0 Å². The number of carbonyl (C=O) groups excluding carboxylic acids is 1. The average Bonchev–Trinajstić information content (AvgIpc) is 2.65. The van der Waals surface area contributed by atoms with Gasteiger partial charge in [0.05, 0.1) is 0 Å². The number of alkyl halides is 1. The second-order valence-corrected chi connectivity index (χ2v) is 5.22. The molecule has 0 spiro atoms. The summed E-state index contributed by atoms with van der Waals surface area (Å²) in [5.74, 6) is 0.693. The number of nitrogens with zero attached hydrogens (tertiary/aromatic N) is 3. The van der Waals surface area contributed by atoms with Crippen molar-refractivity contribution in [1.82, 2.24) is 14.8 Å². The quantitative estimate of drug-likeness (QED) is 0.793. The highest BCUT2D eigenvalue weighted by Crippen LogP contribution is 2.10. The van der Waals surface area contributed by atoms with Crippen LogP contribution < -0.4 is 0 Å². The van der Waals surface area contributed by atoms with Gasteiger partial charge in [0.25, 0.3) is 5.91 Å². The van der Waals surface area contributed by atoms with Crippen molar-refractivity contribution in [3.8, 4) is 0 Å². The highest BCUT2D eigenvalue weighted by atomic mass is 35.5. The van der Waals surface area contributed by atoms with E-state index in [4.69, 9.17) is 11.6 Å². The first kappa shape index (κ1) is 14.3. The number of pyridine rings is 1. The van der Waals surface area contributed by atoms with E-state index in [9.17, 15) is 4.79 Å². The van der Waals surface area contributed by atoms with E-state index in [-0.39, 0.29) is 5.91 Å². The van der Waals surface area contributed by atoms with Gasteiger partial charge in [-0.25, -0.2) is 0 Å². The maximum atomic E-state index is 12.5. The fraction of sp³-hybridized carbons (Fsp3) is 0.571. The van der Waals surface area contributed by atoms with E-state index < -0.39 is 0 Å². The summed E-state index contributed by atoms with van der Waals surface area (Å²) >= 11 is 5.77. The van der Waals surface area contributed by atoms with Crippen LogP contribution in [0, 0.1) is 6.92 Å². The molecule has 2 heterocycles. The SMILES string of the molecule is Cc1cccnc1C(=O)N1CCCN(CCCl)CC1. The second kappa shape index (κ2) is 6.87. The number of aromatic nitrogens is 1. The summed E-state index contributed by atoms with van der Waals surface area (Å²) in [6.07, 6.45) is 2.67. The topological polar surface area (TPSA) is 36.4 Å². The van der Waals surface area contributed by atoms with Crippen molar-refractivity contribution in [1.29, 1.82) is 0 Å². The molecule has 104 valence electrons. The molecular weight excluding hydrogens is 262 g/mol. The number of carbonyl (C=O) groups is 1. The zero-order chi connectivity index (χ0) is 13.7. The Hall–Kier alpha value is -1.13. The molecule has 0 aromatic carbocycles. The van der Waals surface area contributed by atoms with Gasteiger partial charge in [-0.1, -0.05) is 6.07 Å². The molecule has 1 aromatic rings. The van der Waals surface area contributed by atoms with Crippen LogP contribution in [0.25, 0.3) is 0 Å². The third kappa shape index (κ3) is 3.67. The van der Waals surface area contributed by atoms with Gasteiger partial charge in [-0.2, -0.15) is 0 Å². The Morgan fingerprint density at radius 1 is 1.37 bits per heavy atom. The Bertz CT molecular complexity index is 438. The van der Waals surface area contributed by atoms with Crippen molar-refractivity contribution in [2.75, 3.05) is 38.6 Å². The minimum Gasteiger partial charge on any atom is -0.336 e. The minimum atomic E-state index is 0.0471. The summed E-state index contributed by atoms with van der Waals surface area (Å²) < 4.78 is 0. The van der Waals surface area contributed by atoms with Crippen LogP contribution in [-0.2, 0) is 0 Å². The molecule has 19 heavy (non-hydrogen) atoms. The minimum absolute atomic E-state index is 0.0471. The van der Waals surface area contributed by atoms with E-state index in [2.05, 4.69) is 9.88 Å². The Morgan fingerprint density at radius 2 is 2.21 bits per heavy atom. The molecule has 0 bridgehead atoms. The largest absolute Gasteiger partial charge is 0.336 e. The molecule has 4 nitrogen and oxygen atoms in total. The van der Waals surface area contributed by atoms with Crippen LogP contribution in [-0.4, -0.2) is 59.3 Å². The summed E-state index contributed by atoms with van der Waals surface area (Å²) in [7, 11) is 0. The second-order valence-electron chi connectivity index (χ2n) is 4.85. The molecule has 5 heteroatoms. The molecule has 0 radical (unpaired) electrons. The van der Waals surface area contributed by atoms with E-state index in [1.54, 1.807) is 6.20 Å². The molecule has 0 aliphatic carbocycles. The lowest BCUT2D eigenvalue weighted by Gasteiger charge is -2.21. The molecular formula is C14H20ClN3O. The molecule has 0 unspecified atom stereocenters. The van der Waals surface area contributed by atoms with Crippen LogP contribution in [0.1, 0.15) is 22.5 Å². The van der Waals surface area contributed by atoms with Crippen molar-refractivity contribution in [3.05, 3.63) is 29.6 Å². The Kier molecular flexibility index (Phi) is 5.16. The molecule has 0 saturated carbocycles.